The summed E-state index contributed by atoms with van der Waals surface area (Å²) in [5.41, 5.74) is 0.794. The lowest BCUT2D eigenvalue weighted by Gasteiger charge is -2.12. The van der Waals surface area contributed by atoms with Crippen LogP contribution in [0.1, 0.15) is 23.7 Å². The van der Waals surface area contributed by atoms with E-state index in [2.05, 4.69) is 27.8 Å². The van der Waals surface area contributed by atoms with Crippen LogP contribution in [0, 0.1) is 0 Å². The second-order valence-corrected chi connectivity index (χ2v) is 4.49. The SMILES string of the molecule is CCN(C)CCC(=O)c1ccc(Br)cc1. The van der Waals surface area contributed by atoms with Crippen molar-refractivity contribution in [1.29, 1.82) is 0 Å². The first kappa shape index (κ1) is 12.4. The lowest BCUT2D eigenvalue weighted by molar-refractivity contribution is 0.0970. The van der Waals surface area contributed by atoms with Crippen molar-refractivity contribution in [2.45, 2.75) is 13.3 Å². The third kappa shape index (κ3) is 4.14. The largest absolute Gasteiger partial charge is 0.306 e. The van der Waals surface area contributed by atoms with Crippen molar-refractivity contribution in [2.75, 3.05) is 20.1 Å². The van der Waals surface area contributed by atoms with E-state index in [1.54, 1.807) is 0 Å². The number of Topliss-reactive ketones (excluding diaryl/α,β-unsaturated/α-hetero) is 1. The van der Waals surface area contributed by atoms with Gasteiger partial charge < -0.3 is 4.90 Å². The molecule has 0 saturated heterocycles. The first-order valence-electron chi connectivity index (χ1n) is 5.10. The van der Waals surface area contributed by atoms with Crippen LogP contribution in [0.25, 0.3) is 0 Å². The van der Waals surface area contributed by atoms with Gasteiger partial charge in [0.05, 0.1) is 0 Å². The summed E-state index contributed by atoms with van der Waals surface area (Å²) in [4.78, 5) is 13.9. The molecule has 1 aromatic carbocycles. The number of halogens is 1. The van der Waals surface area contributed by atoms with Crippen LogP contribution in [0.15, 0.2) is 28.7 Å². The molecule has 1 aromatic rings. The van der Waals surface area contributed by atoms with Gasteiger partial charge in [0.2, 0.25) is 0 Å². The first-order chi connectivity index (χ1) is 7.13. The topological polar surface area (TPSA) is 20.3 Å². The zero-order chi connectivity index (χ0) is 11.3. The molecule has 0 radical (unpaired) electrons. The predicted octanol–water partition coefficient (Wildman–Crippen LogP) is 2.97. The Morgan fingerprint density at radius 3 is 2.47 bits per heavy atom. The number of ketones is 1. The van der Waals surface area contributed by atoms with Crippen molar-refractivity contribution in [1.82, 2.24) is 4.90 Å². The van der Waals surface area contributed by atoms with Gasteiger partial charge in [-0.25, -0.2) is 0 Å². The fraction of sp³-hybridized carbons (Fsp3) is 0.417. The van der Waals surface area contributed by atoms with Crippen LogP contribution >= 0.6 is 15.9 Å². The maximum absolute atomic E-state index is 11.7. The molecule has 3 heteroatoms. The molecule has 0 aliphatic rings. The molecule has 0 bridgehead atoms. The quantitative estimate of drug-likeness (QED) is 0.767. The van der Waals surface area contributed by atoms with Crippen LogP contribution in [0.5, 0.6) is 0 Å². The van der Waals surface area contributed by atoms with Gasteiger partial charge in [-0.3, -0.25) is 4.79 Å². The molecular weight excluding hydrogens is 254 g/mol. The van der Waals surface area contributed by atoms with Gasteiger partial charge in [-0.15, -0.1) is 0 Å². The summed E-state index contributed by atoms with van der Waals surface area (Å²) in [6.07, 6.45) is 0.589. The Bertz CT molecular complexity index is 321. The van der Waals surface area contributed by atoms with Gasteiger partial charge in [0, 0.05) is 23.0 Å². The number of carbonyl (C=O) groups excluding carboxylic acids is 1. The summed E-state index contributed by atoms with van der Waals surface area (Å²) < 4.78 is 1.00. The molecule has 1 rings (SSSR count). The van der Waals surface area contributed by atoms with E-state index in [0.717, 1.165) is 23.1 Å². The van der Waals surface area contributed by atoms with Crippen LogP contribution < -0.4 is 0 Å². The Hall–Kier alpha value is -0.670. The van der Waals surface area contributed by atoms with Gasteiger partial charge in [0.15, 0.2) is 5.78 Å². The van der Waals surface area contributed by atoms with Crippen LogP contribution in [0.3, 0.4) is 0 Å². The van der Waals surface area contributed by atoms with Crippen molar-refractivity contribution in [3.63, 3.8) is 0 Å². The van der Waals surface area contributed by atoms with Gasteiger partial charge in [-0.1, -0.05) is 35.0 Å². The zero-order valence-corrected chi connectivity index (χ0v) is 10.8. The normalized spacial score (nSPS) is 10.7. The minimum atomic E-state index is 0.211. The van der Waals surface area contributed by atoms with E-state index in [0.29, 0.717) is 6.42 Å². The molecular formula is C12H16BrNO. The van der Waals surface area contributed by atoms with Gasteiger partial charge in [0.25, 0.3) is 0 Å². The minimum Gasteiger partial charge on any atom is -0.306 e. The highest BCUT2D eigenvalue weighted by atomic mass is 79.9. The molecule has 0 fully saturated rings. The van der Waals surface area contributed by atoms with Crippen molar-refractivity contribution < 1.29 is 4.79 Å². The van der Waals surface area contributed by atoms with Gasteiger partial charge in [0.1, 0.15) is 0 Å². The number of rotatable bonds is 5. The molecule has 0 unspecified atom stereocenters. The van der Waals surface area contributed by atoms with Crippen LogP contribution in [-0.2, 0) is 0 Å². The zero-order valence-electron chi connectivity index (χ0n) is 9.16. The highest BCUT2D eigenvalue weighted by molar-refractivity contribution is 9.10. The van der Waals surface area contributed by atoms with E-state index < -0.39 is 0 Å². The third-order valence-electron chi connectivity index (χ3n) is 2.43. The molecule has 0 aromatic heterocycles. The summed E-state index contributed by atoms with van der Waals surface area (Å²) in [5, 5.41) is 0. The van der Waals surface area contributed by atoms with E-state index in [1.165, 1.54) is 0 Å². The third-order valence-corrected chi connectivity index (χ3v) is 2.96. The standard InChI is InChI=1S/C12H16BrNO/c1-3-14(2)9-8-12(15)10-4-6-11(13)7-5-10/h4-7H,3,8-9H2,1-2H3. The Labute approximate surface area is 99.4 Å². The monoisotopic (exact) mass is 269 g/mol. The van der Waals surface area contributed by atoms with Gasteiger partial charge >= 0.3 is 0 Å². The van der Waals surface area contributed by atoms with Crippen molar-refractivity contribution in [3.8, 4) is 0 Å². The summed E-state index contributed by atoms with van der Waals surface area (Å²) in [6, 6.07) is 7.52. The van der Waals surface area contributed by atoms with Gasteiger partial charge in [-0.2, -0.15) is 0 Å². The summed E-state index contributed by atoms with van der Waals surface area (Å²) >= 11 is 3.35. The Balaban J connectivity index is 2.50. The Morgan fingerprint density at radius 2 is 1.93 bits per heavy atom. The van der Waals surface area contributed by atoms with E-state index in [1.807, 2.05) is 31.3 Å². The average molecular weight is 270 g/mol. The molecule has 0 amide bonds. The first-order valence-corrected chi connectivity index (χ1v) is 5.90. The van der Waals surface area contributed by atoms with Crippen molar-refractivity contribution in [3.05, 3.63) is 34.3 Å². The van der Waals surface area contributed by atoms with Crippen molar-refractivity contribution >= 4 is 21.7 Å². The minimum absolute atomic E-state index is 0.211. The molecule has 2 nitrogen and oxygen atoms in total. The lowest BCUT2D eigenvalue weighted by atomic mass is 10.1. The van der Waals surface area contributed by atoms with E-state index >= 15 is 0 Å². The molecule has 0 N–H and O–H groups in total. The molecule has 0 spiro atoms. The molecule has 0 aliphatic carbocycles. The summed E-state index contributed by atoms with van der Waals surface area (Å²) in [6.45, 7) is 3.89. The summed E-state index contributed by atoms with van der Waals surface area (Å²) in [7, 11) is 2.02. The maximum Gasteiger partial charge on any atom is 0.164 e. The van der Waals surface area contributed by atoms with Crippen molar-refractivity contribution in [2.24, 2.45) is 0 Å². The lowest BCUT2D eigenvalue weighted by Crippen LogP contribution is -2.21. The Kier molecular flexibility index (Phi) is 4.99. The molecule has 0 aliphatic heterocycles. The van der Waals surface area contributed by atoms with Crippen LogP contribution in [0.4, 0.5) is 0 Å². The number of carbonyl (C=O) groups is 1. The molecule has 0 heterocycles. The van der Waals surface area contributed by atoms with Crippen LogP contribution in [0.2, 0.25) is 0 Å². The smallest absolute Gasteiger partial charge is 0.164 e. The number of benzene rings is 1. The molecule has 15 heavy (non-hydrogen) atoms. The molecule has 0 atom stereocenters. The highest BCUT2D eigenvalue weighted by Crippen LogP contribution is 2.11. The number of nitrogens with zero attached hydrogens (tertiary/aromatic N) is 1. The summed E-state index contributed by atoms with van der Waals surface area (Å²) in [5.74, 6) is 0.211. The number of hydrogen-bond acceptors (Lipinski definition) is 2. The van der Waals surface area contributed by atoms with Gasteiger partial charge in [-0.05, 0) is 25.7 Å². The number of hydrogen-bond donors (Lipinski definition) is 0. The average Bonchev–Trinajstić information content (AvgIpc) is 2.26. The molecule has 82 valence electrons. The van der Waals surface area contributed by atoms with E-state index in [-0.39, 0.29) is 5.78 Å². The molecule has 0 saturated carbocycles. The second kappa shape index (κ2) is 6.03. The fourth-order valence-corrected chi connectivity index (χ4v) is 1.49. The van der Waals surface area contributed by atoms with Crippen LogP contribution in [-0.4, -0.2) is 30.8 Å². The Morgan fingerprint density at radius 1 is 1.33 bits per heavy atom. The fourth-order valence-electron chi connectivity index (χ4n) is 1.23. The predicted molar refractivity (Wildman–Crippen MR) is 66.3 cm³/mol. The highest BCUT2D eigenvalue weighted by Gasteiger charge is 2.06. The van der Waals surface area contributed by atoms with E-state index in [9.17, 15) is 4.79 Å². The maximum atomic E-state index is 11.7. The van der Waals surface area contributed by atoms with E-state index in [4.69, 9.17) is 0 Å². The second-order valence-electron chi connectivity index (χ2n) is 3.58.